The number of fused-ring (bicyclic) bond motifs is 1. The molecule has 6 aromatic rings. The fourth-order valence-electron chi connectivity index (χ4n) is 5.71. The number of pyridine rings is 2. The molecule has 6 heterocycles. The largest absolute Gasteiger partial charge is 0.381 e. The highest BCUT2D eigenvalue weighted by molar-refractivity contribution is 7.09. The zero-order valence-corrected chi connectivity index (χ0v) is 25.4. The van der Waals surface area contributed by atoms with E-state index in [0.29, 0.717) is 29.7 Å². The zero-order valence-electron chi connectivity index (χ0n) is 24.6. The van der Waals surface area contributed by atoms with Crippen LogP contribution in [0.1, 0.15) is 23.3 Å². The van der Waals surface area contributed by atoms with Gasteiger partial charge < -0.3 is 16.0 Å². The summed E-state index contributed by atoms with van der Waals surface area (Å²) in [6, 6.07) is 18.4. The first-order valence-corrected chi connectivity index (χ1v) is 15.6. The van der Waals surface area contributed by atoms with E-state index in [1.54, 1.807) is 39.2 Å². The number of aromatic nitrogens is 6. The number of nitrogens with one attached hydrogen (secondary N) is 3. The van der Waals surface area contributed by atoms with Crippen LogP contribution in [0.2, 0.25) is 0 Å². The molecule has 0 saturated carbocycles. The van der Waals surface area contributed by atoms with Crippen molar-refractivity contribution in [2.45, 2.75) is 32.4 Å². The predicted molar refractivity (Wildman–Crippen MR) is 177 cm³/mol. The van der Waals surface area contributed by atoms with Crippen molar-refractivity contribution in [1.29, 1.82) is 0 Å². The summed E-state index contributed by atoms with van der Waals surface area (Å²) in [5, 5.41) is 17.4. The van der Waals surface area contributed by atoms with E-state index < -0.39 is 0 Å². The van der Waals surface area contributed by atoms with Crippen molar-refractivity contribution in [2.75, 3.05) is 23.7 Å². The summed E-state index contributed by atoms with van der Waals surface area (Å²) in [5.74, 6) is 0.431. The van der Waals surface area contributed by atoms with Gasteiger partial charge >= 0.3 is 0 Å². The first-order valence-electron chi connectivity index (χ1n) is 14.7. The maximum atomic E-state index is 14.1. The molecule has 1 unspecified atom stereocenters. The molecule has 1 saturated heterocycles. The van der Waals surface area contributed by atoms with E-state index in [-0.39, 0.29) is 5.56 Å². The van der Waals surface area contributed by atoms with Gasteiger partial charge in [-0.2, -0.15) is 10.1 Å². The predicted octanol–water partition coefficient (Wildman–Crippen LogP) is 5.58. The Balaban J connectivity index is 1.22. The Kier molecular flexibility index (Phi) is 7.63. The number of anilines is 3. The Morgan fingerprint density at radius 3 is 2.64 bits per heavy atom. The second kappa shape index (κ2) is 12.0. The summed E-state index contributed by atoms with van der Waals surface area (Å²) in [7, 11) is 1.89. The van der Waals surface area contributed by atoms with E-state index in [9.17, 15) is 4.79 Å². The van der Waals surface area contributed by atoms with Crippen LogP contribution < -0.4 is 21.5 Å². The summed E-state index contributed by atoms with van der Waals surface area (Å²) in [5.41, 5.74) is 6.42. The molecule has 10 nitrogen and oxygen atoms in total. The van der Waals surface area contributed by atoms with Gasteiger partial charge in [0.05, 0.1) is 17.9 Å². The van der Waals surface area contributed by atoms with Gasteiger partial charge in [-0.3, -0.25) is 19.0 Å². The number of thiophene rings is 1. The minimum atomic E-state index is -0.124. The molecular formula is C33H33N9OS. The van der Waals surface area contributed by atoms with Gasteiger partial charge in [-0.15, -0.1) is 11.3 Å². The molecule has 0 amide bonds. The Bertz CT molecular complexity index is 1970. The Labute approximate surface area is 258 Å². The smallest absolute Gasteiger partial charge is 0.260 e. The monoisotopic (exact) mass is 603 g/mol. The third-order valence-electron chi connectivity index (χ3n) is 8.01. The number of hydrogen-bond donors (Lipinski definition) is 3. The molecule has 1 aliphatic heterocycles. The average molecular weight is 604 g/mol. The summed E-state index contributed by atoms with van der Waals surface area (Å²) in [4.78, 5) is 29.3. The molecule has 0 spiro atoms. The number of piperidine rings is 1. The van der Waals surface area contributed by atoms with Crippen molar-refractivity contribution in [3.63, 3.8) is 0 Å². The molecule has 0 radical (unpaired) electrons. The third kappa shape index (κ3) is 5.71. The van der Waals surface area contributed by atoms with E-state index in [2.05, 4.69) is 43.1 Å². The van der Waals surface area contributed by atoms with E-state index in [4.69, 9.17) is 4.98 Å². The highest BCUT2D eigenvalue weighted by Gasteiger charge is 2.18. The van der Waals surface area contributed by atoms with Crippen LogP contribution in [0.3, 0.4) is 0 Å². The van der Waals surface area contributed by atoms with Crippen LogP contribution in [-0.2, 0) is 13.6 Å². The molecule has 5 aromatic heterocycles. The van der Waals surface area contributed by atoms with Gasteiger partial charge in [-0.05, 0) is 85.8 Å². The first kappa shape index (κ1) is 27.9. The summed E-state index contributed by atoms with van der Waals surface area (Å²) in [6.45, 7) is 4.48. The molecule has 0 bridgehead atoms. The van der Waals surface area contributed by atoms with E-state index in [1.165, 1.54) is 12.8 Å². The molecule has 3 N–H and O–H groups in total. The van der Waals surface area contributed by atoms with Crippen molar-refractivity contribution in [1.82, 2.24) is 34.6 Å². The van der Waals surface area contributed by atoms with Gasteiger partial charge in [-0.25, -0.2) is 4.98 Å². The highest BCUT2D eigenvalue weighted by Crippen LogP contribution is 2.28. The van der Waals surface area contributed by atoms with Gasteiger partial charge in [-0.1, -0.05) is 6.07 Å². The lowest BCUT2D eigenvalue weighted by molar-refractivity contribution is 0.480. The van der Waals surface area contributed by atoms with E-state index >= 15 is 0 Å². The maximum Gasteiger partial charge on any atom is 0.260 e. The summed E-state index contributed by atoms with van der Waals surface area (Å²) in [6.07, 6.45) is 7.65. The topological polar surface area (TPSA) is 115 Å². The molecule has 1 fully saturated rings. The molecule has 1 aliphatic rings. The maximum absolute atomic E-state index is 14.1. The minimum absolute atomic E-state index is 0.124. The van der Waals surface area contributed by atoms with E-state index in [0.717, 1.165) is 57.2 Å². The van der Waals surface area contributed by atoms with E-state index in [1.807, 2.05) is 61.8 Å². The standard InChI is InChI=1S/C33H33N9OS/c1-21-15-29(30-11-13-37-41(30)2)35-19-28(21)27-16-22-17-36-33(40-31(22)42(32(27)43)20-26-6-4-14-44-26)39-24-9-7-23(8-10-24)38-25-5-3-12-34-18-25/h4,6-11,13-17,19,25,34,38H,3,5,12,18,20H2,1-2H3,(H,36,39,40). The first-order chi connectivity index (χ1) is 21.5. The second-order valence-corrected chi connectivity index (χ2v) is 12.1. The number of benzene rings is 1. The van der Waals surface area contributed by atoms with Crippen LogP contribution in [0.5, 0.6) is 0 Å². The number of rotatable bonds is 8. The average Bonchev–Trinajstić information content (AvgIpc) is 3.72. The molecule has 1 atom stereocenters. The van der Waals surface area contributed by atoms with Crippen molar-refractivity contribution in [2.24, 2.45) is 7.05 Å². The highest BCUT2D eigenvalue weighted by atomic mass is 32.1. The lowest BCUT2D eigenvalue weighted by Gasteiger charge is -2.24. The Morgan fingerprint density at radius 2 is 1.91 bits per heavy atom. The fourth-order valence-corrected chi connectivity index (χ4v) is 6.40. The van der Waals surface area contributed by atoms with Crippen molar-refractivity contribution in [3.8, 4) is 22.5 Å². The Hall–Kier alpha value is -4.87. The van der Waals surface area contributed by atoms with Crippen LogP contribution in [0, 0.1) is 6.92 Å². The van der Waals surface area contributed by atoms with Crippen molar-refractivity contribution < 1.29 is 0 Å². The SMILES string of the molecule is Cc1cc(-c2ccnn2C)ncc1-c1cc2cnc(Nc3ccc(NC4CCCNC4)cc3)nc2n(Cc2cccs2)c1=O. The van der Waals surface area contributed by atoms with Crippen LogP contribution >= 0.6 is 11.3 Å². The van der Waals surface area contributed by atoms with Crippen LogP contribution in [0.15, 0.2) is 83.4 Å². The molecule has 222 valence electrons. The van der Waals surface area contributed by atoms with Crippen LogP contribution in [0.4, 0.5) is 17.3 Å². The molecule has 11 heteroatoms. The third-order valence-corrected chi connectivity index (χ3v) is 8.88. The second-order valence-electron chi connectivity index (χ2n) is 11.1. The van der Waals surface area contributed by atoms with Gasteiger partial charge in [0, 0.05) is 71.0 Å². The summed E-state index contributed by atoms with van der Waals surface area (Å²) >= 11 is 1.61. The Morgan fingerprint density at radius 1 is 1.05 bits per heavy atom. The normalized spacial score (nSPS) is 15.0. The zero-order chi connectivity index (χ0) is 30.0. The van der Waals surface area contributed by atoms with Crippen molar-refractivity contribution in [3.05, 3.63) is 99.4 Å². The molecule has 1 aromatic carbocycles. The van der Waals surface area contributed by atoms with Crippen LogP contribution in [-0.4, -0.2) is 48.4 Å². The summed E-state index contributed by atoms with van der Waals surface area (Å²) < 4.78 is 3.53. The van der Waals surface area contributed by atoms with Crippen molar-refractivity contribution >= 4 is 39.7 Å². The number of aryl methyl sites for hydroxylation is 2. The van der Waals surface area contributed by atoms with Gasteiger partial charge in [0.15, 0.2) is 0 Å². The molecule has 7 rings (SSSR count). The molecule has 0 aliphatic carbocycles. The molecule has 44 heavy (non-hydrogen) atoms. The minimum Gasteiger partial charge on any atom is -0.381 e. The number of hydrogen-bond acceptors (Lipinski definition) is 9. The van der Waals surface area contributed by atoms with Gasteiger partial charge in [0.2, 0.25) is 5.95 Å². The van der Waals surface area contributed by atoms with Gasteiger partial charge in [0.25, 0.3) is 5.56 Å². The quantitative estimate of drug-likeness (QED) is 0.207. The van der Waals surface area contributed by atoms with Crippen LogP contribution in [0.25, 0.3) is 33.5 Å². The fraction of sp³-hybridized carbons (Fsp3) is 0.242. The molecular weight excluding hydrogens is 570 g/mol. The lowest BCUT2D eigenvalue weighted by atomic mass is 10.0. The number of nitrogens with zero attached hydrogens (tertiary/aromatic N) is 6. The lowest BCUT2D eigenvalue weighted by Crippen LogP contribution is -2.38. The van der Waals surface area contributed by atoms with Gasteiger partial charge in [0.1, 0.15) is 5.65 Å².